The lowest BCUT2D eigenvalue weighted by Crippen LogP contribution is -2.04. The maximum atomic E-state index is 10.1. The third-order valence-electron chi connectivity index (χ3n) is 1.98. The highest BCUT2D eigenvalue weighted by molar-refractivity contribution is 5.49. The van der Waals surface area contributed by atoms with Crippen molar-refractivity contribution >= 4 is 12.2 Å². The molecule has 0 aliphatic heterocycles. The highest BCUT2D eigenvalue weighted by atomic mass is 16.1. The monoisotopic (exact) mass is 188 g/mol. The Bertz CT molecular complexity index is 419. The van der Waals surface area contributed by atoms with Gasteiger partial charge in [-0.05, 0) is 17.7 Å². The average molecular weight is 188 g/mol. The predicted octanol–water partition coefficient (Wildman–Crippen LogP) is 1.63. The molecular weight excluding hydrogens is 180 g/mol. The van der Waals surface area contributed by atoms with Gasteiger partial charge in [-0.25, -0.2) is 9.59 Å². The van der Waals surface area contributed by atoms with E-state index in [9.17, 15) is 9.59 Å². The van der Waals surface area contributed by atoms with E-state index in [1.165, 1.54) is 18.2 Å². The van der Waals surface area contributed by atoms with E-state index in [1.54, 1.807) is 6.08 Å². The van der Waals surface area contributed by atoms with E-state index in [0.717, 1.165) is 5.57 Å². The average Bonchev–Trinajstić information content (AvgIpc) is 2.14. The Morgan fingerprint density at radius 1 is 1.29 bits per heavy atom. The van der Waals surface area contributed by atoms with Crippen LogP contribution in [0.1, 0.15) is 6.92 Å². The Labute approximate surface area is 81.1 Å². The molecule has 1 aliphatic carbocycles. The van der Waals surface area contributed by atoms with Crippen LogP contribution in [0.3, 0.4) is 0 Å². The van der Waals surface area contributed by atoms with E-state index < -0.39 is 0 Å². The summed E-state index contributed by atoms with van der Waals surface area (Å²) in [5.41, 5.74) is 1.65. The van der Waals surface area contributed by atoms with Gasteiger partial charge in [0.1, 0.15) is 0 Å². The van der Waals surface area contributed by atoms with Crippen molar-refractivity contribution < 1.29 is 9.59 Å². The van der Waals surface area contributed by atoms with Crippen LogP contribution in [0.25, 0.3) is 0 Å². The lowest BCUT2D eigenvalue weighted by atomic mass is 9.93. The summed E-state index contributed by atoms with van der Waals surface area (Å²) in [6.07, 6.45) is 6.05. The first-order valence-corrected chi connectivity index (χ1v) is 3.97. The highest BCUT2D eigenvalue weighted by Gasteiger charge is 2.16. The van der Waals surface area contributed by atoms with Gasteiger partial charge in [-0.15, -0.1) is 0 Å². The van der Waals surface area contributed by atoms with Crippen LogP contribution >= 0.6 is 0 Å². The summed E-state index contributed by atoms with van der Waals surface area (Å²) < 4.78 is 0. The van der Waals surface area contributed by atoms with Gasteiger partial charge in [-0.1, -0.05) is 13.5 Å². The maximum Gasteiger partial charge on any atom is 0.240 e. The minimum atomic E-state index is -0.0537. The third kappa shape index (κ3) is 2.02. The Morgan fingerprint density at radius 3 is 2.50 bits per heavy atom. The van der Waals surface area contributed by atoms with Crippen molar-refractivity contribution in [2.24, 2.45) is 15.9 Å². The molecule has 0 aromatic rings. The molecule has 0 saturated carbocycles. The SMILES string of the molecule is C=C1C=C(N=C=O)C=C(N=C=O)C1C. The van der Waals surface area contributed by atoms with Crippen LogP contribution in [0, 0.1) is 5.92 Å². The molecule has 4 nitrogen and oxygen atoms in total. The van der Waals surface area contributed by atoms with Gasteiger partial charge in [0.15, 0.2) is 0 Å². The van der Waals surface area contributed by atoms with Crippen molar-refractivity contribution in [3.63, 3.8) is 0 Å². The second kappa shape index (κ2) is 4.28. The Morgan fingerprint density at radius 2 is 1.93 bits per heavy atom. The standard InChI is InChI=1S/C10H8N2O2/c1-7-3-9(11-5-13)4-10(8(7)2)12-6-14/h3-4,8H,1H2,2H3. The molecule has 0 fully saturated rings. The number of hydrogen-bond donors (Lipinski definition) is 0. The smallest absolute Gasteiger partial charge is 0.211 e. The number of hydrogen-bond acceptors (Lipinski definition) is 4. The second-order valence-electron chi connectivity index (χ2n) is 2.84. The molecule has 0 amide bonds. The van der Waals surface area contributed by atoms with Gasteiger partial charge in [0.05, 0.1) is 11.4 Å². The molecule has 1 atom stereocenters. The number of allylic oxidation sites excluding steroid dienone is 3. The normalized spacial score (nSPS) is 20.1. The second-order valence-corrected chi connectivity index (χ2v) is 2.84. The summed E-state index contributed by atoms with van der Waals surface area (Å²) in [7, 11) is 0. The van der Waals surface area contributed by atoms with Gasteiger partial charge in [0.2, 0.25) is 12.2 Å². The first-order valence-electron chi connectivity index (χ1n) is 3.97. The molecule has 4 heteroatoms. The Balaban J connectivity index is 3.15. The number of rotatable bonds is 2. The number of isocyanates is 2. The minimum absolute atomic E-state index is 0.0537. The molecule has 1 aliphatic rings. The van der Waals surface area contributed by atoms with E-state index in [4.69, 9.17) is 0 Å². The predicted molar refractivity (Wildman–Crippen MR) is 50.7 cm³/mol. The van der Waals surface area contributed by atoms with E-state index in [1.807, 2.05) is 6.92 Å². The number of aliphatic imine (C=N–C) groups is 2. The molecule has 1 unspecified atom stereocenters. The van der Waals surface area contributed by atoms with Crippen molar-refractivity contribution in [3.8, 4) is 0 Å². The topological polar surface area (TPSA) is 58.9 Å². The van der Waals surface area contributed by atoms with Gasteiger partial charge in [-0.2, -0.15) is 9.98 Å². The van der Waals surface area contributed by atoms with Crippen LogP contribution in [-0.4, -0.2) is 12.2 Å². The quantitative estimate of drug-likeness (QED) is 0.488. The van der Waals surface area contributed by atoms with E-state index in [0.29, 0.717) is 11.4 Å². The largest absolute Gasteiger partial charge is 0.240 e. The molecule has 70 valence electrons. The van der Waals surface area contributed by atoms with Crippen LogP contribution in [0.2, 0.25) is 0 Å². The van der Waals surface area contributed by atoms with Gasteiger partial charge < -0.3 is 0 Å². The summed E-state index contributed by atoms with van der Waals surface area (Å²) in [6, 6.07) is 0. The van der Waals surface area contributed by atoms with Crippen LogP contribution in [0.4, 0.5) is 0 Å². The summed E-state index contributed by atoms with van der Waals surface area (Å²) >= 11 is 0. The van der Waals surface area contributed by atoms with Crippen LogP contribution in [0.5, 0.6) is 0 Å². The first-order chi connectivity index (χ1) is 6.69. The minimum Gasteiger partial charge on any atom is -0.211 e. The van der Waals surface area contributed by atoms with Gasteiger partial charge in [0, 0.05) is 5.92 Å². The van der Waals surface area contributed by atoms with Gasteiger partial charge in [0.25, 0.3) is 0 Å². The third-order valence-corrected chi connectivity index (χ3v) is 1.98. The van der Waals surface area contributed by atoms with Crippen LogP contribution in [0.15, 0.2) is 45.7 Å². The fourth-order valence-electron chi connectivity index (χ4n) is 1.12. The van der Waals surface area contributed by atoms with Crippen molar-refractivity contribution in [2.45, 2.75) is 6.92 Å². The van der Waals surface area contributed by atoms with E-state index >= 15 is 0 Å². The fourth-order valence-corrected chi connectivity index (χ4v) is 1.12. The molecule has 0 saturated heterocycles. The summed E-state index contributed by atoms with van der Waals surface area (Å²) in [5.74, 6) is -0.0537. The van der Waals surface area contributed by atoms with Crippen molar-refractivity contribution in [3.05, 3.63) is 35.7 Å². The molecule has 0 radical (unpaired) electrons. The maximum absolute atomic E-state index is 10.1. The molecule has 0 spiro atoms. The number of nitrogens with zero attached hydrogens (tertiary/aromatic N) is 2. The summed E-state index contributed by atoms with van der Waals surface area (Å²) in [6.45, 7) is 5.62. The van der Waals surface area contributed by atoms with Crippen molar-refractivity contribution in [1.29, 1.82) is 0 Å². The lowest BCUT2D eigenvalue weighted by Gasteiger charge is -2.15. The Hall–Kier alpha value is -2.02. The lowest BCUT2D eigenvalue weighted by molar-refractivity contribution is 0.563. The van der Waals surface area contributed by atoms with Crippen molar-refractivity contribution in [2.75, 3.05) is 0 Å². The first kappa shape index (κ1) is 10.1. The molecule has 0 bridgehead atoms. The molecule has 0 N–H and O–H groups in total. The number of carbonyl (C=O) groups excluding carboxylic acids is 2. The Kier molecular flexibility index (Phi) is 3.08. The molecule has 0 heterocycles. The van der Waals surface area contributed by atoms with Gasteiger partial charge in [-0.3, -0.25) is 0 Å². The summed E-state index contributed by atoms with van der Waals surface area (Å²) in [5, 5.41) is 0. The van der Waals surface area contributed by atoms with Crippen LogP contribution < -0.4 is 0 Å². The fraction of sp³-hybridized carbons (Fsp3) is 0.200. The van der Waals surface area contributed by atoms with Crippen LogP contribution in [-0.2, 0) is 9.59 Å². The summed E-state index contributed by atoms with van der Waals surface area (Å²) in [4.78, 5) is 27.1. The molecule has 14 heavy (non-hydrogen) atoms. The molecule has 1 rings (SSSR count). The van der Waals surface area contributed by atoms with Crippen molar-refractivity contribution in [1.82, 2.24) is 0 Å². The van der Waals surface area contributed by atoms with Gasteiger partial charge >= 0.3 is 0 Å². The zero-order chi connectivity index (χ0) is 10.6. The highest BCUT2D eigenvalue weighted by Crippen LogP contribution is 2.27. The van der Waals surface area contributed by atoms with E-state index in [2.05, 4.69) is 16.6 Å². The zero-order valence-corrected chi connectivity index (χ0v) is 7.65. The molecule has 0 aromatic heterocycles. The zero-order valence-electron chi connectivity index (χ0n) is 7.65. The molecular formula is C10H8N2O2. The van der Waals surface area contributed by atoms with E-state index in [-0.39, 0.29) is 5.92 Å². The molecule has 0 aromatic carbocycles.